The van der Waals surface area contributed by atoms with Crippen LogP contribution in [0.3, 0.4) is 0 Å². The van der Waals surface area contributed by atoms with Crippen molar-refractivity contribution in [3.05, 3.63) is 29.3 Å². The summed E-state index contributed by atoms with van der Waals surface area (Å²) in [6.45, 7) is 4.01. The van der Waals surface area contributed by atoms with Gasteiger partial charge in [0.1, 0.15) is 0 Å². The fraction of sp³-hybridized carbons (Fsp3) is 0.500. The summed E-state index contributed by atoms with van der Waals surface area (Å²) >= 11 is 5.88. The van der Waals surface area contributed by atoms with Crippen LogP contribution in [0.4, 0.5) is 5.69 Å². The summed E-state index contributed by atoms with van der Waals surface area (Å²) in [5, 5.41) is 0.642. The summed E-state index contributed by atoms with van der Waals surface area (Å²) in [6.07, 6.45) is 0.306. The van der Waals surface area contributed by atoms with Crippen LogP contribution in [0.2, 0.25) is 5.02 Å². The Morgan fingerprint density at radius 2 is 1.86 bits per heavy atom. The Kier molecular flexibility index (Phi) is 4.36. The van der Waals surface area contributed by atoms with Gasteiger partial charge in [-0.3, -0.25) is 9.59 Å². The standard InChI is InChI=1S/C16H20ClN3O2/c1-18-6-8-19(9-7-18)16(22)12-10-15(21)20(11-12)14-4-2-13(17)3-5-14/h2-5,12H,6-11H2,1H3/p+1/t12-/m0/s1. The lowest BCUT2D eigenvalue weighted by Gasteiger charge is -2.31. The molecule has 5 nitrogen and oxygen atoms in total. The third-order valence-electron chi connectivity index (χ3n) is 4.54. The smallest absolute Gasteiger partial charge is 0.228 e. The number of hydrogen-bond acceptors (Lipinski definition) is 2. The second-order valence-electron chi connectivity index (χ2n) is 6.16. The van der Waals surface area contributed by atoms with Crippen molar-refractivity contribution in [3.8, 4) is 0 Å². The third kappa shape index (κ3) is 3.10. The van der Waals surface area contributed by atoms with E-state index in [1.807, 2.05) is 17.0 Å². The van der Waals surface area contributed by atoms with Crippen LogP contribution in [0.5, 0.6) is 0 Å². The molecule has 1 aromatic carbocycles. The normalized spacial score (nSPS) is 23.2. The molecular formula is C16H21ClN3O2+. The van der Waals surface area contributed by atoms with Gasteiger partial charge in [0.15, 0.2) is 0 Å². The summed E-state index contributed by atoms with van der Waals surface area (Å²) in [6, 6.07) is 7.18. The van der Waals surface area contributed by atoms with E-state index >= 15 is 0 Å². The zero-order valence-corrected chi connectivity index (χ0v) is 13.5. The summed E-state index contributed by atoms with van der Waals surface area (Å²) in [4.78, 5) is 29.9. The molecular weight excluding hydrogens is 302 g/mol. The average molecular weight is 323 g/mol. The van der Waals surface area contributed by atoms with E-state index in [2.05, 4.69) is 7.05 Å². The molecule has 2 aliphatic rings. The Morgan fingerprint density at radius 3 is 2.50 bits per heavy atom. The Hall–Kier alpha value is -1.59. The molecule has 0 radical (unpaired) electrons. The molecule has 2 fully saturated rings. The summed E-state index contributed by atoms with van der Waals surface area (Å²) in [5.41, 5.74) is 0.813. The number of anilines is 1. The molecule has 2 saturated heterocycles. The highest BCUT2D eigenvalue weighted by atomic mass is 35.5. The van der Waals surface area contributed by atoms with Crippen molar-refractivity contribution in [3.63, 3.8) is 0 Å². The summed E-state index contributed by atoms with van der Waals surface area (Å²) in [5.74, 6) is -0.0840. The van der Waals surface area contributed by atoms with Gasteiger partial charge in [0.25, 0.3) is 0 Å². The van der Waals surface area contributed by atoms with E-state index in [-0.39, 0.29) is 17.7 Å². The first-order valence-corrected chi connectivity index (χ1v) is 8.08. The van der Waals surface area contributed by atoms with Gasteiger partial charge in [0.05, 0.1) is 39.1 Å². The van der Waals surface area contributed by atoms with E-state index in [9.17, 15) is 9.59 Å². The number of likely N-dealkylation sites (N-methyl/N-ethyl adjacent to an activating group) is 1. The monoisotopic (exact) mass is 322 g/mol. The fourth-order valence-electron chi connectivity index (χ4n) is 3.11. The number of benzene rings is 1. The van der Waals surface area contributed by atoms with Crippen molar-refractivity contribution in [2.45, 2.75) is 6.42 Å². The van der Waals surface area contributed by atoms with Gasteiger partial charge in [-0.1, -0.05) is 11.6 Å². The molecule has 1 aromatic rings. The molecule has 2 heterocycles. The molecule has 0 saturated carbocycles. The Balaban J connectivity index is 1.66. The highest BCUT2D eigenvalue weighted by Crippen LogP contribution is 2.27. The van der Waals surface area contributed by atoms with Crippen LogP contribution in [0, 0.1) is 5.92 Å². The summed E-state index contributed by atoms with van der Waals surface area (Å²) < 4.78 is 0. The number of quaternary nitrogens is 1. The molecule has 3 rings (SSSR count). The van der Waals surface area contributed by atoms with Crippen molar-refractivity contribution in [1.82, 2.24) is 4.90 Å². The predicted molar refractivity (Wildman–Crippen MR) is 85.1 cm³/mol. The van der Waals surface area contributed by atoms with E-state index in [4.69, 9.17) is 11.6 Å². The number of nitrogens with one attached hydrogen (secondary N) is 1. The molecule has 0 unspecified atom stereocenters. The predicted octanol–water partition coefficient (Wildman–Crippen LogP) is 0.0498. The van der Waals surface area contributed by atoms with Crippen molar-refractivity contribution in [2.75, 3.05) is 44.7 Å². The topological polar surface area (TPSA) is 45.1 Å². The lowest BCUT2D eigenvalue weighted by molar-refractivity contribution is -0.883. The van der Waals surface area contributed by atoms with Crippen LogP contribution < -0.4 is 9.80 Å². The van der Waals surface area contributed by atoms with Crippen LogP contribution in [-0.2, 0) is 9.59 Å². The molecule has 6 heteroatoms. The lowest BCUT2D eigenvalue weighted by Crippen LogP contribution is -3.12. The molecule has 1 atom stereocenters. The number of rotatable bonds is 2. The molecule has 2 aliphatic heterocycles. The van der Waals surface area contributed by atoms with Gasteiger partial charge in [-0.25, -0.2) is 0 Å². The Morgan fingerprint density at radius 1 is 1.23 bits per heavy atom. The van der Waals surface area contributed by atoms with E-state index < -0.39 is 0 Å². The fourth-order valence-corrected chi connectivity index (χ4v) is 3.24. The van der Waals surface area contributed by atoms with Crippen LogP contribution in [-0.4, -0.2) is 56.5 Å². The minimum atomic E-state index is -0.221. The molecule has 0 aromatic heterocycles. The third-order valence-corrected chi connectivity index (χ3v) is 4.79. The number of hydrogen-bond donors (Lipinski definition) is 1. The van der Waals surface area contributed by atoms with E-state index in [1.54, 1.807) is 17.0 Å². The molecule has 0 bridgehead atoms. The maximum atomic E-state index is 12.6. The van der Waals surface area contributed by atoms with Gasteiger partial charge < -0.3 is 14.7 Å². The van der Waals surface area contributed by atoms with Gasteiger partial charge in [-0.05, 0) is 24.3 Å². The van der Waals surface area contributed by atoms with E-state index in [1.165, 1.54) is 4.90 Å². The van der Waals surface area contributed by atoms with Gasteiger partial charge >= 0.3 is 0 Å². The van der Waals surface area contributed by atoms with Crippen molar-refractivity contribution in [2.24, 2.45) is 5.92 Å². The highest BCUT2D eigenvalue weighted by molar-refractivity contribution is 6.30. The number of carbonyl (C=O) groups is 2. The largest absolute Gasteiger partial charge is 0.334 e. The maximum Gasteiger partial charge on any atom is 0.228 e. The quantitative estimate of drug-likeness (QED) is 0.836. The minimum Gasteiger partial charge on any atom is -0.334 e. The van der Waals surface area contributed by atoms with Crippen molar-refractivity contribution in [1.29, 1.82) is 0 Å². The van der Waals surface area contributed by atoms with Crippen LogP contribution in [0.1, 0.15) is 6.42 Å². The van der Waals surface area contributed by atoms with Crippen molar-refractivity contribution < 1.29 is 14.5 Å². The van der Waals surface area contributed by atoms with Gasteiger partial charge in [0.2, 0.25) is 11.8 Å². The molecule has 2 amide bonds. The Labute approximate surface area is 135 Å². The molecule has 22 heavy (non-hydrogen) atoms. The number of amides is 2. The first kappa shape index (κ1) is 15.3. The van der Waals surface area contributed by atoms with Crippen molar-refractivity contribution >= 4 is 29.1 Å². The van der Waals surface area contributed by atoms with E-state index in [0.717, 1.165) is 31.9 Å². The van der Waals surface area contributed by atoms with E-state index in [0.29, 0.717) is 18.0 Å². The van der Waals surface area contributed by atoms with Crippen LogP contribution in [0.15, 0.2) is 24.3 Å². The Bertz CT molecular complexity index is 567. The molecule has 118 valence electrons. The van der Waals surface area contributed by atoms with Crippen LogP contribution in [0.25, 0.3) is 0 Å². The molecule has 0 aliphatic carbocycles. The second-order valence-corrected chi connectivity index (χ2v) is 6.60. The van der Waals surface area contributed by atoms with Gasteiger partial charge in [-0.2, -0.15) is 0 Å². The van der Waals surface area contributed by atoms with Crippen LogP contribution >= 0.6 is 11.6 Å². The van der Waals surface area contributed by atoms with Gasteiger partial charge in [0, 0.05) is 23.7 Å². The molecule has 1 N–H and O–H groups in total. The average Bonchev–Trinajstić information content (AvgIpc) is 2.90. The number of halogens is 1. The lowest BCUT2D eigenvalue weighted by atomic mass is 10.1. The number of carbonyl (C=O) groups excluding carboxylic acids is 2. The first-order chi connectivity index (χ1) is 10.5. The zero-order chi connectivity index (χ0) is 15.7. The minimum absolute atomic E-state index is 0.0143. The number of nitrogens with zero attached hydrogens (tertiary/aromatic N) is 2. The summed E-state index contributed by atoms with van der Waals surface area (Å²) in [7, 11) is 2.14. The first-order valence-electron chi connectivity index (χ1n) is 7.70. The molecule has 0 spiro atoms. The highest BCUT2D eigenvalue weighted by Gasteiger charge is 2.38. The zero-order valence-electron chi connectivity index (χ0n) is 12.7. The van der Waals surface area contributed by atoms with Gasteiger partial charge in [-0.15, -0.1) is 0 Å². The second kappa shape index (κ2) is 6.26. The SMILES string of the molecule is C[NH+]1CCN(C(=O)[C@H]2CC(=O)N(c3ccc(Cl)cc3)C2)CC1. The number of piperazine rings is 1. The maximum absolute atomic E-state index is 12.6.